The van der Waals surface area contributed by atoms with Crippen molar-refractivity contribution in [3.63, 3.8) is 0 Å². The Kier molecular flexibility index (Phi) is 7.68. The van der Waals surface area contributed by atoms with Crippen molar-refractivity contribution in [1.29, 1.82) is 0 Å². The van der Waals surface area contributed by atoms with E-state index in [0.29, 0.717) is 0 Å². The number of nitrogens with zero attached hydrogens (tertiary/aromatic N) is 2. The first-order chi connectivity index (χ1) is 13.7. The molecule has 1 fully saturated rings. The Bertz CT molecular complexity index is 765. The van der Waals surface area contributed by atoms with Crippen LogP contribution in [0.5, 0.6) is 5.75 Å². The van der Waals surface area contributed by atoms with Gasteiger partial charge in [-0.3, -0.25) is 9.69 Å². The molecule has 2 aromatic rings. The van der Waals surface area contributed by atoms with Crippen LogP contribution in [0.2, 0.25) is 0 Å². The molecule has 0 atom stereocenters. The number of hydrogen-bond donors (Lipinski definition) is 0. The van der Waals surface area contributed by atoms with Gasteiger partial charge < -0.3 is 9.64 Å². The van der Waals surface area contributed by atoms with Gasteiger partial charge >= 0.3 is 0 Å². The molecule has 28 heavy (non-hydrogen) atoms. The third-order valence-electron chi connectivity index (χ3n) is 5.12. The highest BCUT2D eigenvalue weighted by Crippen LogP contribution is 2.21. The molecule has 0 bridgehead atoms. The molecule has 4 heteroatoms. The van der Waals surface area contributed by atoms with Gasteiger partial charge in [0.05, 0.1) is 6.61 Å². The number of carbonyl (C=O) groups excluding carboxylic acids is 1. The summed E-state index contributed by atoms with van der Waals surface area (Å²) in [5.74, 6) is 1.12. The topological polar surface area (TPSA) is 32.8 Å². The molecule has 1 aliphatic heterocycles. The van der Waals surface area contributed by atoms with Crippen LogP contribution in [-0.2, 0) is 4.79 Å². The fourth-order valence-corrected chi connectivity index (χ4v) is 3.41. The molecule has 0 spiro atoms. The lowest BCUT2D eigenvalue weighted by molar-refractivity contribution is -0.130. The van der Waals surface area contributed by atoms with E-state index in [1.54, 1.807) is 6.92 Å². The lowest BCUT2D eigenvalue weighted by Gasteiger charge is -2.34. The zero-order valence-electron chi connectivity index (χ0n) is 16.7. The lowest BCUT2D eigenvalue weighted by atomic mass is 10.1. The van der Waals surface area contributed by atoms with Gasteiger partial charge in [0.1, 0.15) is 5.75 Å². The van der Waals surface area contributed by atoms with E-state index < -0.39 is 0 Å². The van der Waals surface area contributed by atoms with Crippen LogP contribution < -0.4 is 4.74 Å². The summed E-state index contributed by atoms with van der Waals surface area (Å²) in [6.45, 7) is 7.12. The Morgan fingerprint density at radius 1 is 0.929 bits per heavy atom. The molecule has 148 valence electrons. The van der Waals surface area contributed by atoms with E-state index in [0.717, 1.165) is 63.5 Å². The van der Waals surface area contributed by atoms with Crippen molar-refractivity contribution in [3.05, 3.63) is 65.7 Å². The number of ether oxygens (including phenoxy) is 1. The molecule has 1 amide bonds. The maximum Gasteiger partial charge on any atom is 0.219 e. The molecule has 0 N–H and O–H groups in total. The smallest absolute Gasteiger partial charge is 0.219 e. The fourth-order valence-electron chi connectivity index (χ4n) is 3.41. The molecule has 1 aliphatic rings. The van der Waals surface area contributed by atoms with E-state index in [9.17, 15) is 4.79 Å². The van der Waals surface area contributed by atoms with Gasteiger partial charge in [-0.15, -0.1) is 0 Å². The maximum atomic E-state index is 11.4. The van der Waals surface area contributed by atoms with Crippen LogP contribution in [0.1, 0.15) is 30.9 Å². The summed E-state index contributed by atoms with van der Waals surface area (Å²) in [4.78, 5) is 15.8. The van der Waals surface area contributed by atoms with Crippen LogP contribution in [0.25, 0.3) is 12.2 Å². The zero-order chi connectivity index (χ0) is 19.6. The van der Waals surface area contributed by atoms with Crippen molar-refractivity contribution in [2.75, 3.05) is 39.3 Å². The van der Waals surface area contributed by atoms with Gasteiger partial charge in [0, 0.05) is 38.7 Å². The van der Waals surface area contributed by atoms with Gasteiger partial charge in [-0.1, -0.05) is 60.7 Å². The summed E-state index contributed by atoms with van der Waals surface area (Å²) in [6, 6.07) is 18.5. The molecule has 0 aliphatic carbocycles. The van der Waals surface area contributed by atoms with E-state index in [2.05, 4.69) is 35.3 Å². The number of piperazine rings is 1. The predicted octanol–water partition coefficient (Wildman–Crippen LogP) is 4.18. The van der Waals surface area contributed by atoms with E-state index in [-0.39, 0.29) is 5.91 Å². The summed E-state index contributed by atoms with van der Waals surface area (Å²) in [6.07, 6.45) is 6.37. The molecule has 1 heterocycles. The highest BCUT2D eigenvalue weighted by molar-refractivity contribution is 5.73. The first kappa shape index (κ1) is 20.2. The Hall–Kier alpha value is -2.59. The normalized spacial score (nSPS) is 15.1. The summed E-state index contributed by atoms with van der Waals surface area (Å²) < 4.78 is 6.04. The zero-order valence-corrected chi connectivity index (χ0v) is 16.7. The van der Waals surface area contributed by atoms with Gasteiger partial charge in [0.2, 0.25) is 5.91 Å². The maximum absolute atomic E-state index is 11.4. The Morgan fingerprint density at radius 3 is 2.39 bits per heavy atom. The highest BCUT2D eigenvalue weighted by Gasteiger charge is 2.17. The predicted molar refractivity (Wildman–Crippen MR) is 115 cm³/mol. The molecule has 3 rings (SSSR count). The highest BCUT2D eigenvalue weighted by atomic mass is 16.5. The van der Waals surface area contributed by atoms with E-state index in [1.165, 1.54) is 5.56 Å². The molecule has 2 aromatic carbocycles. The van der Waals surface area contributed by atoms with Gasteiger partial charge in [0.15, 0.2) is 0 Å². The molecule has 0 radical (unpaired) electrons. The molecule has 0 unspecified atom stereocenters. The second kappa shape index (κ2) is 10.7. The monoisotopic (exact) mass is 378 g/mol. The second-order valence-corrected chi connectivity index (χ2v) is 7.19. The number of unbranched alkanes of at least 4 members (excludes halogenated alkanes) is 1. The van der Waals surface area contributed by atoms with Gasteiger partial charge in [-0.25, -0.2) is 0 Å². The van der Waals surface area contributed by atoms with Gasteiger partial charge in [0.25, 0.3) is 0 Å². The fraction of sp³-hybridized carbons (Fsp3) is 0.375. The lowest BCUT2D eigenvalue weighted by Crippen LogP contribution is -2.48. The SMILES string of the molecule is CC(=O)N1CCN(CCCCOc2ccccc2/C=C/c2ccccc2)CC1. The third-order valence-corrected chi connectivity index (χ3v) is 5.12. The summed E-state index contributed by atoms with van der Waals surface area (Å²) in [5, 5.41) is 0. The minimum atomic E-state index is 0.188. The van der Waals surface area contributed by atoms with Crippen molar-refractivity contribution in [1.82, 2.24) is 9.80 Å². The van der Waals surface area contributed by atoms with E-state index in [1.807, 2.05) is 41.3 Å². The third kappa shape index (κ3) is 6.24. The molecule has 0 saturated carbocycles. The van der Waals surface area contributed by atoms with Crippen molar-refractivity contribution < 1.29 is 9.53 Å². The molecule has 1 saturated heterocycles. The Morgan fingerprint density at radius 2 is 1.64 bits per heavy atom. The van der Waals surface area contributed by atoms with Gasteiger partial charge in [-0.2, -0.15) is 0 Å². The van der Waals surface area contributed by atoms with Crippen LogP contribution in [0, 0.1) is 0 Å². The van der Waals surface area contributed by atoms with Crippen molar-refractivity contribution in [3.8, 4) is 5.75 Å². The number of hydrogen-bond acceptors (Lipinski definition) is 3. The molecule has 0 aromatic heterocycles. The van der Waals surface area contributed by atoms with Gasteiger partial charge in [-0.05, 0) is 31.0 Å². The van der Waals surface area contributed by atoms with Crippen LogP contribution in [0.4, 0.5) is 0 Å². The van der Waals surface area contributed by atoms with E-state index >= 15 is 0 Å². The van der Waals surface area contributed by atoms with Crippen molar-refractivity contribution in [2.24, 2.45) is 0 Å². The van der Waals surface area contributed by atoms with Crippen LogP contribution in [-0.4, -0.2) is 55.0 Å². The first-order valence-electron chi connectivity index (χ1n) is 10.2. The number of carbonyl (C=O) groups is 1. The summed E-state index contributed by atoms with van der Waals surface area (Å²) in [5.41, 5.74) is 2.29. The van der Waals surface area contributed by atoms with Crippen molar-refractivity contribution in [2.45, 2.75) is 19.8 Å². The molecular formula is C24H30N2O2. The Balaban J connectivity index is 1.40. The van der Waals surface area contributed by atoms with Crippen molar-refractivity contribution >= 4 is 18.1 Å². The van der Waals surface area contributed by atoms with Crippen LogP contribution in [0.15, 0.2) is 54.6 Å². The average molecular weight is 379 g/mol. The number of amides is 1. The van der Waals surface area contributed by atoms with Crippen LogP contribution >= 0.6 is 0 Å². The van der Waals surface area contributed by atoms with Crippen LogP contribution in [0.3, 0.4) is 0 Å². The minimum Gasteiger partial charge on any atom is -0.493 e. The quantitative estimate of drug-likeness (QED) is 0.510. The van der Waals surface area contributed by atoms with E-state index in [4.69, 9.17) is 4.74 Å². The number of rotatable bonds is 8. The first-order valence-corrected chi connectivity index (χ1v) is 10.2. The molecular weight excluding hydrogens is 348 g/mol. The minimum absolute atomic E-state index is 0.188. The summed E-state index contributed by atoms with van der Waals surface area (Å²) >= 11 is 0. The molecule has 4 nitrogen and oxygen atoms in total. The summed E-state index contributed by atoms with van der Waals surface area (Å²) in [7, 11) is 0. The number of benzene rings is 2. The second-order valence-electron chi connectivity index (χ2n) is 7.19. The standard InChI is InChI=1S/C24H30N2O2/c1-21(27)26-18-16-25(17-19-26)15-7-8-20-28-24-12-6-5-11-23(24)14-13-22-9-3-2-4-10-22/h2-6,9-14H,7-8,15-20H2,1H3/b14-13+. The average Bonchev–Trinajstić information content (AvgIpc) is 2.74. The number of para-hydroxylation sites is 1. The largest absolute Gasteiger partial charge is 0.493 e. The Labute approximate surface area is 168 Å².